The molecule has 0 aliphatic carbocycles. The molecule has 0 unspecified atom stereocenters. The molecule has 12 nitrogen and oxygen atoms in total. The van der Waals surface area contributed by atoms with E-state index in [1.807, 2.05) is 90.8 Å². The minimum atomic E-state index is -3.34. The molecule has 1 N–H and O–H groups in total. The van der Waals surface area contributed by atoms with Crippen LogP contribution in [0.5, 0.6) is 11.6 Å². The predicted octanol–water partition coefficient (Wildman–Crippen LogP) is 8.26. The summed E-state index contributed by atoms with van der Waals surface area (Å²) in [5.74, 6) is -2.76. The number of ether oxygens (including phenoxy) is 5. The number of fused-ring (bicyclic) bond motifs is 1. The molecule has 3 heterocycles. The summed E-state index contributed by atoms with van der Waals surface area (Å²) in [5.41, 5.74) is -2.01. The summed E-state index contributed by atoms with van der Waals surface area (Å²) in [5, 5.41) is 3.57. The Labute approximate surface area is 355 Å². The Balaban J connectivity index is 1.26. The van der Waals surface area contributed by atoms with Gasteiger partial charge in [-0.1, -0.05) is 115 Å². The van der Waals surface area contributed by atoms with E-state index < -0.39 is 47.9 Å². The molecule has 0 saturated carbocycles. The zero-order valence-electron chi connectivity index (χ0n) is 33.5. The Hall–Kier alpha value is -7.63. The maximum atomic E-state index is 17.9. The number of esters is 2. The van der Waals surface area contributed by atoms with Crippen LogP contribution in [0.3, 0.4) is 0 Å². The van der Waals surface area contributed by atoms with Gasteiger partial charge in [-0.05, 0) is 60.0 Å². The first-order chi connectivity index (χ1) is 30.1. The van der Waals surface area contributed by atoms with Gasteiger partial charge in [-0.15, -0.1) is 6.42 Å². The number of carbonyl (C=O) groups excluding carboxylic acids is 2. The lowest BCUT2D eigenvalue weighted by Crippen LogP contribution is -2.50. The largest absolute Gasteiger partial charge is 0.497 e. The van der Waals surface area contributed by atoms with Crippen molar-refractivity contribution < 1.29 is 42.1 Å². The lowest BCUT2D eigenvalue weighted by molar-refractivity contribution is -0.207. The Bertz CT molecular complexity index is 2680. The zero-order valence-corrected chi connectivity index (χ0v) is 33.5. The topological polar surface area (TPSA) is 136 Å². The van der Waals surface area contributed by atoms with E-state index >= 15 is 8.78 Å². The summed E-state index contributed by atoms with van der Waals surface area (Å²) in [7, 11) is 1.58. The molecule has 4 atom stereocenters. The van der Waals surface area contributed by atoms with Crippen LogP contribution in [0.15, 0.2) is 152 Å². The standard InChI is InChI=1S/C48H39F2N5O7/c1-4-46(49)43(61-42(57)33-20-12-7-13-21-33)47(50,30-60-41(56)32-18-10-6-11-19-32)62-44(46)55-31-51-38-39(55)52-45(53-40(38)59-5-2)54-48(34-22-14-8-15-23-34,35-24-16-9-17-25-35)36-26-28-37(58-3)29-27-36/h1,6-29,31,43-44H,5,30H2,2-3H3,(H,52,53,54)/t43-,44+,46+,47+/m0/s1. The summed E-state index contributed by atoms with van der Waals surface area (Å²) >= 11 is 0. The highest BCUT2D eigenvalue weighted by Crippen LogP contribution is 2.51. The van der Waals surface area contributed by atoms with E-state index in [9.17, 15) is 9.59 Å². The number of hydrogen-bond donors (Lipinski definition) is 1. The van der Waals surface area contributed by atoms with Crippen LogP contribution in [-0.4, -0.2) is 69.4 Å². The van der Waals surface area contributed by atoms with Crippen molar-refractivity contribution in [3.8, 4) is 24.0 Å². The number of imidazole rings is 1. The smallest absolute Gasteiger partial charge is 0.338 e. The fourth-order valence-electron chi connectivity index (χ4n) is 7.49. The van der Waals surface area contributed by atoms with E-state index in [1.54, 1.807) is 50.4 Å². The minimum absolute atomic E-state index is 0.00188. The molecule has 2 aromatic heterocycles. The lowest BCUT2D eigenvalue weighted by Gasteiger charge is -2.37. The number of rotatable bonds is 14. The summed E-state index contributed by atoms with van der Waals surface area (Å²) < 4.78 is 64.7. The van der Waals surface area contributed by atoms with Crippen molar-refractivity contribution in [3.05, 3.63) is 180 Å². The van der Waals surface area contributed by atoms with Gasteiger partial charge in [0, 0.05) is 0 Å². The van der Waals surface area contributed by atoms with Gasteiger partial charge in [0.15, 0.2) is 24.0 Å². The highest BCUT2D eigenvalue weighted by molar-refractivity contribution is 5.90. The maximum Gasteiger partial charge on any atom is 0.338 e. The lowest BCUT2D eigenvalue weighted by atomic mass is 9.77. The van der Waals surface area contributed by atoms with Gasteiger partial charge in [-0.3, -0.25) is 4.57 Å². The van der Waals surface area contributed by atoms with E-state index in [1.165, 1.54) is 24.3 Å². The number of anilines is 1. The van der Waals surface area contributed by atoms with Gasteiger partial charge < -0.3 is 29.0 Å². The molecule has 0 bridgehead atoms. The summed E-state index contributed by atoms with van der Waals surface area (Å²) in [6, 6.07) is 42.1. The number of methoxy groups -OCH3 is 1. The van der Waals surface area contributed by atoms with Crippen LogP contribution in [0, 0.1) is 12.3 Å². The SMILES string of the molecule is C#C[C@]1(F)[C@H](n2cnc3c(OCC)nc(NC(c4ccccc4)(c4ccccc4)c4ccc(OC)cc4)nc32)O[C@](F)(COC(=O)c2ccccc2)[C@H]1OC(=O)c1ccccc1. The Morgan fingerprint density at radius 1 is 0.806 bits per heavy atom. The Morgan fingerprint density at radius 3 is 1.90 bits per heavy atom. The highest BCUT2D eigenvalue weighted by atomic mass is 19.2. The predicted molar refractivity (Wildman–Crippen MR) is 225 cm³/mol. The van der Waals surface area contributed by atoms with Crippen LogP contribution in [0.25, 0.3) is 11.2 Å². The van der Waals surface area contributed by atoms with Crippen molar-refractivity contribution in [2.24, 2.45) is 0 Å². The third kappa shape index (κ3) is 7.54. The normalized spacial score (nSPS) is 19.6. The van der Waals surface area contributed by atoms with Crippen molar-refractivity contribution in [1.82, 2.24) is 19.5 Å². The van der Waals surface area contributed by atoms with Gasteiger partial charge >= 0.3 is 11.9 Å². The van der Waals surface area contributed by atoms with Crippen molar-refractivity contribution in [3.63, 3.8) is 0 Å². The number of alkyl halides is 2. The number of terminal acetylenes is 1. The van der Waals surface area contributed by atoms with Crippen LogP contribution in [0.2, 0.25) is 0 Å². The van der Waals surface area contributed by atoms with Crippen molar-refractivity contribution in [2.45, 2.75) is 36.3 Å². The maximum absolute atomic E-state index is 17.9. The fourth-order valence-corrected chi connectivity index (χ4v) is 7.49. The molecule has 0 radical (unpaired) electrons. The number of carbonyl (C=O) groups is 2. The average molecular weight is 836 g/mol. The van der Waals surface area contributed by atoms with Crippen molar-refractivity contribution >= 4 is 29.1 Å². The number of hydrogen-bond acceptors (Lipinski definition) is 11. The second-order valence-electron chi connectivity index (χ2n) is 14.2. The van der Waals surface area contributed by atoms with E-state index in [0.29, 0.717) is 5.75 Å². The third-order valence-electron chi connectivity index (χ3n) is 10.5. The van der Waals surface area contributed by atoms with Crippen LogP contribution < -0.4 is 14.8 Å². The van der Waals surface area contributed by atoms with Crippen molar-refractivity contribution in [2.75, 3.05) is 25.6 Å². The molecule has 1 fully saturated rings. The molecule has 62 heavy (non-hydrogen) atoms. The summed E-state index contributed by atoms with van der Waals surface area (Å²) in [6.45, 7) is 0.682. The van der Waals surface area contributed by atoms with E-state index in [2.05, 4.69) is 10.3 Å². The average Bonchev–Trinajstić information content (AvgIpc) is 3.84. The zero-order chi connectivity index (χ0) is 43.3. The van der Waals surface area contributed by atoms with Crippen LogP contribution in [0.1, 0.15) is 50.6 Å². The van der Waals surface area contributed by atoms with E-state index in [4.69, 9.17) is 40.1 Å². The van der Waals surface area contributed by atoms with Crippen LogP contribution in [0.4, 0.5) is 14.7 Å². The van der Waals surface area contributed by atoms with Gasteiger partial charge in [-0.2, -0.15) is 9.97 Å². The van der Waals surface area contributed by atoms with Gasteiger partial charge in [0.05, 0.1) is 31.2 Å². The molecule has 312 valence electrons. The molecule has 7 aromatic rings. The first kappa shape index (κ1) is 41.1. The molecule has 1 saturated heterocycles. The molecular formula is C48H39F2N5O7. The van der Waals surface area contributed by atoms with Gasteiger partial charge in [0.25, 0.3) is 11.5 Å². The van der Waals surface area contributed by atoms with Gasteiger partial charge in [0.2, 0.25) is 17.9 Å². The molecule has 0 spiro atoms. The number of nitrogens with one attached hydrogen (secondary N) is 1. The summed E-state index contributed by atoms with van der Waals surface area (Å²) in [4.78, 5) is 40.6. The Kier molecular flexibility index (Phi) is 11.4. The quantitative estimate of drug-likeness (QED) is 0.0645. The molecular weight excluding hydrogens is 797 g/mol. The number of nitrogens with zero attached hydrogens (tertiary/aromatic N) is 4. The van der Waals surface area contributed by atoms with Crippen LogP contribution in [-0.2, 0) is 19.7 Å². The monoisotopic (exact) mass is 835 g/mol. The second kappa shape index (κ2) is 17.2. The first-order valence-electron chi connectivity index (χ1n) is 19.6. The van der Waals surface area contributed by atoms with Crippen LogP contribution >= 0.6 is 0 Å². The van der Waals surface area contributed by atoms with Gasteiger partial charge in [0.1, 0.15) is 11.3 Å². The van der Waals surface area contributed by atoms with Gasteiger partial charge in [-0.25, -0.2) is 23.4 Å². The van der Waals surface area contributed by atoms with Crippen molar-refractivity contribution in [1.29, 1.82) is 0 Å². The summed E-state index contributed by atoms with van der Waals surface area (Å²) in [6.07, 6.45) is 2.48. The van der Waals surface area contributed by atoms with E-state index in [0.717, 1.165) is 27.6 Å². The Morgan fingerprint density at radius 2 is 1.35 bits per heavy atom. The molecule has 0 amide bonds. The molecule has 8 rings (SSSR count). The molecule has 1 aliphatic heterocycles. The molecule has 5 aromatic carbocycles. The molecule has 1 aliphatic rings. The fraction of sp³-hybridized carbons (Fsp3) is 0.188. The van der Waals surface area contributed by atoms with E-state index in [-0.39, 0.29) is 40.7 Å². The number of halogens is 2. The minimum Gasteiger partial charge on any atom is -0.497 e. The molecule has 14 heteroatoms. The first-order valence-corrected chi connectivity index (χ1v) is 19.6. The third-order valence-corrected chi connectivity index (χ3v) is 10.5. The highest BCUT2D eigenvalue weighted by Gasteiger charge is 2.70. The number of aromatic nitrogens is 4. The number of benzene rings is 5. The second-order valence-corrected chi connectivity index (χ2v) is 14.2.